The van der Waals surface area contributed by atoms with E-state index in [1.54, 1.807) is 24.3 Å². The zero-order valence-corrected chi connectivity index (χ0v) is 14.0. The van der Waals surface area contributed by atoms with Crippen LogP contribution in [0.25, 0.3) is 0 Å². The van der Waals surface area contributed by atoms with Crippen LogP contribution in [0.2, 0.25) is 0 Å². The lowest BCUT2D eigenvalue weighted by atomic mass is 9.84. The van der Waals surface area contributed by atoms with Gasteiger partial charge in [-0.2, -0.15) is 0 Å². The van der Waals surface area contributed by atoms with Crippen LogP contribution in [0, 0.1) is 0 Å². The molecule has 0 saturated carbocycles. The molecule has 0 radical (unpaired) electrons. The molecule has 0 heterocycles. The minimum Gasteiger partial charge on any atom is -0.272 e. The molecule has 0 aromatic heterocycles. The van der Waals surface area contributed by atoms with E-state index in [0.29, 0.717) is 5.56 Å². The number of hydrogen-bond acceptors (Lipinski definition) is 2. The molecule has 114 valence electrons. The topological polar surface area (TPSA) is 58.2 Å². The SMILES string of the molecule is CC(C)(C(=O)NNC(=O)c1ccc(Br)cc1)c1ccccc1. The molecular formula is C17H17BrN2O2. The summed E-state index contributed by atoms with van der Waals surface area (Å²) in [4.78, 5) is 24.3. The van der Waals surface area contributed by atoms with Gasteiger partial charge in [0.25, 0.3) is 5.91 Å². The maximum Gasteiger partial charge on any atom is 0.269 e. The van der Waals surface area contributed by atoms with Crippen molar-refractivity contribution in [2.45, 2.75) is 19.3 Å². The number of halogens is 1. The summed E-state index contributed by atoms with van der Waals surface area (Å²) in [7, 11) is 0. The Morgan fingerprint density at radius 1 is 0.909 bits per heavy atom. The van der Waals surface area contributed by atoms with Crippen LogP contribution in [0.3, 0.4) is 0 Å². The van der Waals surface area contributed by atoms with Gasteiger partial charge in [0.2, 0.25) is 5.91 Å². The zero-order valence-electron chi connectivity index (χ0n) is 12.4. The summed E-state index contributed by atoms with van der Waals surface area (Å²) in [6, 6.07) is 16.3. The first-order valence-corrected chi connectivity index (χ1v) is 7.62. The quantitative estimate of drug-likeness (QED) is 0.825. The third-order valence-electron chi connectivity index (χ3n) is 3.46. The molecule has 2 amide bonds. The summed E-state index contributed by atoms with van der Waals surface area (Å²) < 4.78 is 0.887. The van der Waals surface area contributed by atoms with Crippen LogP contribution in [0.4, 0.5) is 0 Å². The molecule has 0 aliphatic rings. The first-order valence-electron chi connectivity index (χ1n) is 6.83. The van der Waals surface area contributed by atoms with Gasteiger partial charge < -0.3 is 0 Å². The molecule has 0 saturated heterocycles. The van der Waals surface area contributed by atoms with Gasteiger partial charge in [-0.15, -0.1) is 0 Å². The van der Waals surface area contributed by atoms with E-state index in [1.807, 2.05) is 44.2 Å². The van der Waals surface area contributed by atoms with Crippen LogP contribution in [0.5, 0.6) is 0 Å². The van der Waals surface area contributed by atoms with Gasteiger partial charge in [-0.05, 0) is 43.7 Å². The van der Waals surface area contributed by atoms with Crippen molar-refractivity contribution in [1.82, 2.24) is 10.9 Å². The summed E-state index contributed by atoms with van der Waals surface area (Å²) in [6.07, 6.45) is 0. The molecule has 2 N–H and O–H groups in total. The van der Waals surface area contributed by atoms with Crippen molar-refractivity contribution in [3.05, 3.63) is 70.2 Å². The third kappa shape index (κ3) is 3.74. The number of benzene rings is 2. The van der Waals surface area contributed by atoms with E-state index < -0.39 is 5.41 Å². The second kappa shape index (κ2) is 6.75. The molecule has 0 spiro atoms. The number of carbonyl (C=O) groups is 2. The van der Waals surface area contributed by atoms with Crippen LogP contribution in [-0.4, -0.2) is 11.8 Å². The fraction of sp³-hybridized carbons (Fsp3) is 0.176. The van der Waals surface area contributed by atoms with E-state index in [-0.39, 0.29) is 11.8 Å². The number of amides is 2. The van der Waals surface area contributed by atoms with Gasteiger partial charge >= 0.3 is 0 Å². The Bertz CT molecular complexity index is 667. The third-order valence-corrected chi connectivity index (χ3v) is 3.99. The Labute approximate surface area is 138 Å². The maximum absolute atomic E-state index is 12.3. The van der Waals surface area contributed by atoms with Crippen LogP contribution in [0.1, 0.15) is 29.8 Å². The first kappa shape index (κ1) is 16.2. The van der Waals surface area contributed by atoms with E-state index in [0.717, 1.165) is 10.0 Å². The molecule has 0 unspecified atom stereocenters. The van der Waals surface area contributed by atoms with Crippen molar-refractivity contribution in [2.24, 2.45) is 0 Å². The summed E-state index contributed by atoms with van der Waals surface area (Å²) in [5.74, 6) is -0.631. The predicted molar refractivity (Wildman–Crippen MR) is 89.2 cm³/mol. The van der Waals surface area contributed by atoms with Crippen LogP contribution >= 0.6 is 15.9 Å². The molecule has 22 heavy (non-hydrogen) atoms. The second-order valence-corrected chi connectivity index (χ2v) is 6.32. The lowest BCUT2D eigenvalue weighted by Gasteiger charge is -2.24. The van der Waals surface area contributed by atoms with Gasteiger partial charge in [-0.25, -0.2) is 0 Å². The Hall–Kier alpha value is -2.14. The minimum absolute atomic E-state index is 0.274. The highest BCUT2D eigenvalue weighted by atomic mass is 79.9. The van der Waals surface area contributed by atoms with Crippen molar-refractivity contribution < 1.29 is 9.59 Å². The van der Waals surface area contributed by atoms with Crippen LogP contribution in [0.15, 0.2) is 59.1 Å². The number of hydrogen-bond donors (Lipinski definition) is 2. The summed E-state index contributed by atoms with van der Waals surface area (Å²) in [6.45, 7) is 3.62. The summed E-state index contributed by atoms with van der Waals surface area (Å²) >= 11 is 3.31. The zero-order chi connectivity index (χ0) is 16.2. The van der Waals surface area contributed by atoms with Gasteiger partial charge in [-0.1, -0.05) is 46.3 Å². The largest absolute Gasteiger partial charge is 0.272 e. The first-order chi connectivity index (χ1) is 10.4. The molecule has 2 aromatic rings. The fourth-order valence-electron chi connectivity index (χ4n) is 1.93. The number of rotatable bonds is 3. The summed E-state index contributed by atoms with van der Waals surface area (Å²) in [5.41, 5.74) is 5.54. The average Bonchev–Trinajstić information content (AvgIpc) is 2.53. The highest BCUT2D eigenvalue weighted by Crippen LogP contribution is 2.22. The van der Waals surface area contributed by atoms with E-state index >= 15 is 0 Å². The Morgan fingerprint density at radius 3 is 2.09 bits per heavy atom. The van der Waals surface area contributed by atoms with Gasteiger partial charge in [0.15, 0.2) is 0 Å². The number of carbonyl (C=O) groups excluding carboxylic acids is 2. The van der Waals surface area contributed by atoms with Gasteiger partial charge in [-0.3, -0.25) is 20.4 Å². The van der Waals surface area contributed by atoms with Crippen molar-refractivity contribution in [3.63, 3.8) is 0 Å². The predicted octanol–water partition coefficient (Wildman–Crippen LogP) is 3.19. The monoisotopic (exact) mass is 360 g/mol. The molecule has 2 aromatic carbocycles. The van der Waals surface area contributed by atoms with Gasteiger partial charge in [0.05, 0.1) is 5.41 Å². The molecule has 5 heteroatoms. The molecule has 0 bridgehead atoms. The number of nitrogens with one attached hydrogen (secondary N) is 2. The van der Waals surface area contributed by atoms with Crippen molar-refractivity contribution >= 4 is 27.7 Å². The Balaban J connectivity index is 2.00. The highest BCUT2D eigenvalue weighted by molar-refractivity contribution is 9.10. The molecule has 0 aliphatic carbocycles. The van der Waals surface area contributed by atoms with E-state index in [2.05, 4.69) is 26.8 Å². The Morgan fingerprint density at radius 2 is 1.50 bits per heavy atom. The van der Waals surface area contributed by atoms with Gasteiger partial charge in [0.1, 0.15) is 0 Å². The normalized spacial score (nSPS) is 10.9. The minimum atomic E-state index is -0.742. The second-order valence-electron chi connectivity index (χ2n) is 5.41. The summed E-state index contributed by atoms with van der Waals surface area (Å²) in [5, 5.41) is 0. The lowest BCUT2D eigenvalue weighted by Crippen LogP contribution is -2.49. The van der Waals surface area contributed by atoms with E-state index in [9.17, 15) is 9.59 Å². The molecule has 4 nitrogen and oxygen atoms in total. The highest BCUT2D eigenvalue weighted by Gasteiger charge is 2.29. The molecule has 0 atom stereocenters. The smallest absolute Gasteiger partial charge is 0.269 e. The fourth-order valence-corrected chi connectivity index (χ4v) is 2.19. The Kier molecular flexibility index (Phi) is 4.98. The van der Waals surface area contributed by atoms with Crippen LogP contribution < -0.4 is 10.9 Å². The maximum atomic E-state index is 12.3. The van der Waals surface area contributed by atoms with Crippen molar-refractivity contribution in [2.75, 3.05) is 0 Å². The number of hydrazine groups is 1. The van der Waals surface area contributed by atoms with Crippen LogP contribution in [-0.2, 0) is 10.2 Å². The van der Waals surface area contributed by atoms with E-state index in [4.69, 9.17) is 0 Å². The molecule has 0 fully saturated rings. The van der Waals surface area contributed by atoms with Gasteiger partial charge in [0, 0.05) is 10.0 Å². The van der Waals surface area contributed by atoms with E-state index in [1.165, 1.54) is 0 Å². The average molecular weight is 361 g/mol. The molecule has 0 aliphatic heterocycles. The van der Waals surface area contributed by atoms with Crippen molar-refractivity contribution in [1.29, 1.82) is 0 Å². The molecule has 2 rings (SSSR count). The van der Waals surface area contributed by atoms with Crippen molar-refractivity contribution in [3.8, 4) is 0 Å². The lowest BCUT2D eigenvalue weighted by molar-refractivity contribution is -0.126. The molecular weight excluding hydrogens is 344 g/mol. The standard InChI is InChI=1S/C17H17BrN2O2/c1-17(2,13-6-4-3-5-7-13)16(22)20-19-15(21)12-8-10-14(18)11-9-12/h3-11H,1-2H3,(H,19,21)(H,20,22).